The molecular formula is C14H29NO. The zero-order chi connectivity index (χ0) is 12.6. The number of carbonyl (C=O) groups is 1. The van der Waals surface area contributed by atoms with E-state index in [9.17, 15) is 4.79 Å². The highest BCUT2D eigenvalue weighted by Crippen LogP contribution is 2.19. The molecule has 0 unspecified atom stereocenters. The molecule has 1 amide bonds. The molecule has 0 aromatic rings. The maximum absolute atomic E-state index is 11.7. The van der Waals surface area contributed by atoms with Crippen molar-refractivity contribution in [3.63, 3.8) is 0 Å². The van der Waals surface area contributed by atoms with Crippen LogP contribution in [-0.2, 0) is 4.79 Å². The second-order valence-corrected chi connectivity index (χ2v) is 5.74. The number of hydrogen-bond donors (Lipinski definition) is 1. The lowest BCUT2D eigenvalue weighted by molar-refractivity contribution is -0.129. The van der Waals surface area contributed by atoms with Gasteiger partial charge in [-0.15, -0.1) is 0 Å². The summed E-state index contributed by atoms with van der Waals surface area (Å²) < 4.78 is 0. The lowest BCUT2D eigenvalue weighted by atomic mass is 9.89. The van der Waals surface area contributed by atoms with E-state index in [1.165, 1.54) is 19.3 Å². The Balaban J connectivity index is 3.49. The van der Waals surface area contributed by atoms with Crippen LogP contribution in [0.1, 0.15) is 66.7 Å². The van der Waals surface area contributed by atoms with Crippen molar-refractivity contribution in [2.75, 3.05) is 6.54 Å². The molecule has 2 nitrogen and oxygen atoms in total. The van der Waals surface area contributed by atoms with Crippen molar-refractivity contribution in [1.82, 2.24) is 5.32 Å². The van der Waals surface area contributed by atoms with Gasteiger partial charge < -0.3 is 5.32 Å². The molecule has 1 N–H and O–H groups in total. The Bertz CT molecular complexity index is 197. The molecule has 0 heterocycles. The molecule has 0 aromatic heterocycles. The molecule has 0 spiro atoms. The molecule has 0 saturated heterocycles. The van der Waals surface area contributed by atoms with Crippen LogP contribution in [0.5, 0.6) is 0 Å². The van der Waals surface area contributed by atoms with Crippen molar-refractivity contribution < 1.29 is 4.79 Å². The van der Waals surface area contributed by atoms with E-state index >= 15 is 0 Å². The van der Waals surface area contributed by atoms with E-state index in [2.05, 4.69) is 26.1 Å². The minimum Gasteiger partial charge on any atom is -0.356 e. The summed E-state index contributed by atoms with van der Waals surface area (Å²) in [4.78, 5) is 11.7. The summed E-state index contributed by atoms with van der Waals surface area (Å²) in [5.74, 6) is 0.993. The third-order valence-electron chi connectivity index (χ3n) is 3.24. The fourth-order valence-corrected chi connectivity index (χ4v) is 1.46. The van der Waals surface area contributed by atoms with Crippen LogP contribution in [0.3, 0.4) is 0 Å². The molecule has 0 aliphatic carbocycles. The highest BCUT2D eigenvalue weighted by molar-refractivity contribution is 5.81. The van der Waals surface area contributed by atoms with Gasteiger partial charge in [0.2, 0.25) is 5.91 Å². The van der Waals surface area contributed by atoms with E-state index in [4.69, 9.17) is 0 Å². The summed E-state index contributed by atoms with van der Waals surface area (Å²) in [5, 5.41) is 3.02. The van der Waals surface area contributed by atoms with Crippen LogP contribution >= 0.6 is 0 Å². The van der Waals surface area contributed by atoms with E-state index in [1.807, 2.05) is 13.8 Å². The van der Waals surface area contributed by atoms with Gasteiger partial charge in [-0.3, -0.25) is 4.79 Å². The molecule has 2 heteroatoms. The van der Waals surface area contributed by atoms with Crippen LogP contribution in [0, 0.1) is 11.3 Å². The molecule has 0 aliphatic rings. The monoisotopic (exact) mass is 227 g/mol. The number of rotatable bonds is 8. The van der Waals surface area contributed by atoms with Crippen molar-refractivity contribution in [2.45, 2.75) is 66.7 Å². The molecule has 0 aromatic carbocycles. The first kappa shape index (κ1) is 15.5. The summed E-state index contributed by atoms with van der Waals surface area (Å²) in [5.41, 5.74) is -0.210. The largest absolute Gasteiger partial charge is 0.356 e. The normalized spacial score (nSPS) is 11.9. The Kier molecular flexibility index (Phi) is 7.44. The Morgan fingerprint density at radius 3 is 2.31 bits per heavy atom. The van der Waals surface area contributed by atoms with E-state index in [1.54, 1.807) is 0 Å². The van der Waals surface area contributed by atoms with Crippen LogP contribution in [0.2, 0.25) is 0 Å². The Morgan fingerprint density at radius 2 is 1.81 bits per heavy atom. The van der Waals surface area contributed by atoms with Crippen LogP contribution in [0.4, 0.5) is 0 Å². The summed E-state index contributed by atoms with van der Waals surface area (Å²) in [7, 11) is 0. The highest BCUT2D eigenvalue weighted by atomic mass is 16.2. The molecule has 0 atom stereocenters. The molecule has 0 rings (SSSR count). The van der Waals surface area contributed by atoms with Gasteiger partial charge in [0, 0.05) is 12.0 Å². The summed E-state index contributed by atoms with van der Waals surface area (Å²) in [6, 6.07) is 0. The molecule has 0 bridgehead atoms. The van der Waals surface area contributed by atoms with E-state index in [-0.39, 0.29) is 11.3 Å². The van der Waals surface area contributed by atoms with Gasteiger partial charge in [-0.05, 0) is 18.8 Å². The number of amides is 1. The summed E-state index contributed by atoms with van der Waals surface area (Å²) in [6.07, 6.45) is 5.81. The van der Waals surface area contributed by atoms with Crippen LogP contribution in [-0.4, -0.2) is 12.5 Å². The number of unbranched alkanes of at least 4 members (excludes halogenated alkanes) is 2. The van der Waals surface area contributed by atoms with E-state index < -0.39 is 0 Å². The smallest absolute Gasteiger partial charge is 0.225 e. The van der Waals surface area contributed by atoms with Gasteiger partial charge in [0.15, 0.2) is 0 Å². The standard InChI is InChI=1S/C14H29NO/c1-6-14(4,5)13(16)15-11-9-7-8-10-12(2)3/h12H,6-11H2,1-5H3,(H,15,16). The third kappa shape index (κ3) is 6.86. The predicted octanol–water partition coefficient (Wildman–Crippen LogP) is 3.76. The molecule has 0 fully saturated rings. The van der Waals surface area contributed by atoms with Crippen molar-refractivity contribution >= 4 is 5.91 Å². The fourth-order valence-electron chi connectivity index (χ4n) is 1.46. The first-order valence-electron chi connectivity index (χ1n) is 6.68. The number of carbonyl (C=O) groups excluding carboxylic acids is 1. The third-order valence-corrected chi connectivity index (χ3v) is 3.24. The topological polar surface area (TPSA) is 29.1 Å². The second-order valence-electron chi connectivity index (χ2n) is 5.74. The quantitative estimate of drug-likeness (QED) is 0.629. The number of hydrogen-bond acceptors (Lipinski definition) is 1. The van der Waals surface area contributed by atoms with Crippen molar-refractivity contribution in [3.8, 4) is 0 Å². The zero-order valence-corrected chi connectivity index (χ0v) is 11.7. The lowest BCUT2D eigenvalue weighted by Gasteiger charge is -2.21. The van der Waals surface area contributed by atoms with E-state index in [0.717, 1.165) is 25.3 Å². The maximum atomic E-state index is 11.7. The van der Waals surface area contributed by atoms with Crippen LogP contribution in [0.15, 0.2) is 0 Å². The number of nitrogens with one attached hydrogen (secondary N) is 1. The second kappa shape index (κ2) is 7.70. The Labute approximate surface area is 101 Å². The first-order chi connectivity index (χ1) is 7.40. The Hall–Kier alpha value is -0.530. The molecule has 0 saturated carbocycles. The average molecular weight is 227 g/mol. The molecular weight excluding hydrogens is 198 g/mol. The van der Waals surface area contributed by atoms with Gasteiger partial charge in [0.25, 0.3) is 0 Å². The van der Waals surface area contributed by atoms with Crippen LogP contribution in [0.25, 0.3) is 0 Å². The first-order valence-corrected chi connectivity index (χ1v) is 6.68. The molecule has 0 aliphatic heterocycles. The lowest BCUT2D eigenvalue weighted by Crippen LogP contribution is -2.36. The SMILES string of the molecule is CCC(C)(C)C(=O)NCCCCCC(C)C. The summed E-state index contributed by atoms with van der Waals surface area (Å²) in [6.45, 7) is 11.4. The Morgan fingerprint density at radius 1 is 1.19 bits per heavy atom. The van der Waals surface area contributed by atoms with Gasteiger partial charge in [-0.25, -0.2) is 0 Å². The molecule has 96 valence electrons. The molecule has 16 heavy (non-hydrogen) atoms. The van der Waals surface area contributed by atoms with Crippen molar-refractivity contribution in [3.05, 3.63) is 0 Å². The van der Waals surface area contributed by atoms with Crippen molar-refractivity contribution in [1.29, 1.82) is 0 Å². The highest BCUT2D eigenvalue weighted by Gasteiger charge is 2.24. The zero-order valence-electron chi connectivity index (χ0n) is 11.7. The minimum absolute atomic E-state index is 0.193. The van der Waals surface area contributed by atoms with E-state index in [0.29, 0.717) is 0 Å². The maximum Gasteiger partial charge on any atom is 0.225 e. The fraction of sp³-hybridized carbons (Fsp3) is 0.929. The van der Waals surface area contributed by atoms with Crippen LogP contribution < -0.4 is 5.32 Å². The average Bonchev–Trinajstić information content (AvgIpc) is 2.22. The van der Waals surface area contributed by atoms with Gasteiger partial charge in [-0.1, -0.05) is 53.9 Å². The predicted molar refractivity (Wildman–Crippen MR) is 70.4 cm³/mol. The van der Waals surface area contributed by atoms with Gasteiger partial charge in [-0.2, -0.15) is 0 Å². The minimum atomic E-state index is -0.210. The van der Waals surface area contributed by atoms with Crippen molar-refractivity contribution in [2.24, 2.45) is 11.3 Å². The van der Waals surface area contributed by atoms with Gasteiger partial charge in [0.05, 0.1) is 0 Å². The molecule has 0 radical (unpaired) electrons. The van der Waals surface area contributed by atoms with Gasteiger partial charge in [0.1, 0.15) is 0 Å². The van der Waals surface area contributed by atoms with Gasteiger partial charge >= 0.3 is 0 Å². The summed E-state index contributed by atoms with van der Waals surface area (Å²) >= 11 is 0.